The lowest BCUT2D eigenvalue weighted by Gasteiger charge is -2.23. The standard InChI is InChI=1S/C25H24ClFN4O4/c1-30-23-17-10-16(26)6-7-20(17)35-13-18(23)22(29-30)24(33)31(11-15-4-2-3-5-19(15)27)12-21(32)28-14-25(34)8-9-25/h2-7,10,34H,8-9,11-14H2,1H3,(H,28,32). The van der Waals surface area contributed by atoms with Crippen molar-refractivity contribution in [3.05, 3.63) is 70.1 Å². The van der Waals surface area contributed by atoms with Crippen molar-refractivity contribution in [3.63, 3.8) is 0 Å². The Morgan fingerprint density at radius 1 is 1.29 bits per heavy atom. The number of amides is 2. The van der Waals surface area contributed by atoms with E-state index in [1.807, 2.05) is 0 Å². The highest BCUT2D eigenvalue weighted by atomic mass is 35.5. The number of carbonyl (C=O) groups is 2. The van der Waals surface area contributed by atoms with Gasteiger partial charge in [0, 0.05) is 41.9 Å². The largest absolute Gasteiger partial charge is 0.488 e. The van der Waals surface area contributed by atoms with Crippen LogP contribution in [0.2, 0.25) is 5.02 Å². The number of aryl methyl sites for hydroxylation is 1. The number of aliphatic hydroxyl groups is 1. The first-order valence-corrected chi connectivity index (χ1v) is 11.6. The Morgan fingerprint density at radius 2 is 2.06 bits per heavy atom. The lowest BCUT2D eigenvalue weighted by atomic mass is 10.0. The van der Waals surface area contributed by atoms with Gasteiger partial charge in [-0.2, -0.15) is 5.10 Å². The van der Waals surface area contributed by atoms with Crippen LogP contribution in [0, 0.1) is 5.82 Å². The molecular formula is C25H24ClFN4O4. The van der Waals surface area contributed by atoms with Crippen molar-refractivity contribution >= 4 is 23.4 Å². The van der Waals surface area contributed by atoms with Crippen molar-refractivity contribution in [2.45, 2.75) is 31.6 Å². The summed E-state index contributed by atoms with van der Waals surface area (Å²) in [6.07, 6.45) is 1.24. The van der Waals surface area contributed by atoms with Crippen LogP contribution in [0.15, 0.2) is 42.5 Å². The Hall–Kier alpha value is -3.43. The summed E-state index contributed by atoms with van der Waals surface area (Å²) >= 11 is 6.19. The molecule has 182 valence electrons. The Balaban J connectivity index is 1.46. The van der Waals surface area contributed by atoms with Gasteiger partial charge in [0.25, 0.3) is 5.91 Å². The van der Waals surface area contributed by atoms with Crippen LogP contribution < -0.4 is 10.1 Å². The van der Waals surface area contributed by atoms with E-state index in [0.717, 1.165) is 0 Å². The predicted molar refractivity (Wildman–Crippen MR) is 126 cm³/mol. The van der Waals surface area contributed by atoms with Crippen molar-refractivity contribution in [2.24, 2.45) is 7.05 Å². The van der Waals surface area contributed by atoms with Gasteiger partial charge in [0.2, 0.25) is 5.91 Å². The molecule has 5 rings (SSSR count). The zero-order valence-electron chi connectivity index (χ0n) is 19.1. The van der Waals surface area contributed by atoms with E-state index in [9.17, 15) is 19.1 Å². The minimum atomic E-state index is -0.873. The van der Waals surface area contributed by atoms with Gasteiger partial charge in [-0.25, -0.2) is 4.39 Å². The topological polar surface area (TPSA) is 96.7 Å². The summed E-state index contributed by atoms with van der Waals surface area (Å²) in [6.45, 7) is -0.223. The number of hydrogen-bond donors (Lipinski definition) is 2. The Labute approximate surface area is 206 Å². The third-order valence-electron chi connectivity index (χ3n) is 6.30. The number of benzene rings is 2. The molecule has 2 N–H and O–H groups in total. The Kier molecular flexibility index (Phi) is 5.98. The van der Waals surface area contributed by atoms with Crippen LogP contribution in [0.3, 0.4) is 0 Å². The molecule has 3 aromatic rings. The molecule has 2 aliphatic rings. The smallest absolute Gasteiger partial charge is 0.275 e. The monoisotopic (exact) mass is 498 g/mol. The molecule has 1 aliphatic carbocycles. The first-order valence-electron chi connectivity index (χ1n) is 11.2. The second-order valence-electron chi connectivity index (χ2n) is 8.98. The molecule has 1 aromatic heterocycles. The molecule has 0 radical (unpaired) electrons. The summed E-state index contributed by atoms with van der Waals surface area (Å²) in [7, 11) is 1.72. The second-order valence-corrected chi connectivity index (χ2v) is 9.42. The SMILES string of the molecule is Cn1nc(C(=O)N(CC(=O)NCC2(O)CC2)Cc2ccccc2F)c2c1-c1cc(Cl)ccc1OC2. The van der Waals surface area contributed by atoms with Gasteiger partial charge in [-0.3, -0.25) is 14.3 Å². The molecule has 0 unspecified atom stereocenters. The zero-order valence-corrected chi connectivity index (χ0v) is 19.8. The molecule has 0 bridgehead atoms. The van der Waals surface area contributed by atoms with Crippen molar-refractivity contribution < 1.29 is 23.8 Å². The van der Waals surface area contributed by atoms with Crippen LogP contribution in [0.25, 0.3) is 11.3 Å². The first-order chi connectivity index (χ1) is 16.7. The minimum absolute atomic E-state index is 0.109. The molecule has 2 heterocycles. The highest BCUT2D eigenvalue weighted by Gasteiger charge is 2.40. The van der Waals surface area contributed by atoms with E-state index >= 15 is 0 Å². The summed E-state index contributed by atoms with van der Waals surface area (Å²) in [4.78, 5) is 27.6. The maximum Gasteiger partial charge on any atom is 0.275 e. The van der Waals surface area contributed by atoms with Gasteiger partial charge < -0.3 is 20.1 Å². The number of halogens is 2. The van der Waals surface area contributed by atoms with Crippen LogP contribution in [0.4, 0.5) is 4.39 Å². The van der Waals surface area contributed by atoms with E-state index in [-0.39, 0.29) is 37.5 Å². The summed E-state index contributed by atoms with van der Waals surface area (Å²) in [5, 5.41) is 17.7. The average molecular weight is 499 g/mol. The quantitative estimate of drug-likeness (QED) is 0.522. The van der Waals surface area contributed by atoms with Crippen LogP contribution in [0.1, 0.15) is 34.5 Å². The molecule has 0 spiro atoms. The molecule has 35 heavy (non-hydrogen) atoms. The van der Waals surface area contributed by atoms with Crippen LogP contribution in [0.5, 0.6) is 5.75 Å². The first kappa shape index (κ1) is 23.3. The fourth-order valence-corrected chi connectivity index (χ4v) is 4.34. The predicted octanol–water partition coefficient (Wildman–Crippen LogP) is 3.06. The molecule has 1 saturated carbocycles. The lowest BCUT2D eigenvalue weighted by molar-refractivity contribution is -0.122. The second kappa shape index (κ2) is 8.98. The van der Waals surface area contributed by atoms with Gasteiger partial charge in [0.1, 0.15) is 24.7 Å². The van der Waals surface area contributed by atoms with Crippen LogP contribution in [-0.4, -0.2) is 50.3 Å². The van der Waals surface area contributed by atoms with Gasteiger partial charge in [0.05, 0.1) is 11.3 Å². The van der Waals surface area contributed by atoms with E-state index in [1.165, 1.54) is 11.0 Å². The fraction of sp³-hybridized carbons (Fsp3) is 0.320. The number of aromatic nitrogens is 2. The van der Waals surface area contributed by atoms with E-state index in [4.69, 9.17) is 16.3 Å². The van der Waals surface area contributed by atoms with Crippen molar-refractivity contribution in [2.75, 3.05) is 13.1 Å². The number of ether oxygens (including phenoxy) is 1. The molecule has 0 atom stereocenters. The van der Waals surface area contributed by atoms with E-state index < -0.39 is 23.2 Å². The van der Waals surface area contributed by atoms with E-state index in [0.29, 0.717) is 40.4 Å². The van der Waals surface area contributed by atoms with Gasteiger partial charge in [-0.15, -0.1) is 0 Å². The normalized spacial score (nSPS) is 15.0. The van der Waals surface area contributed by atoms with Gasteiger partial charge >= 0.3 is 0 Å². The molecule has 1 fully saturated rings. The maximum atomic E-state index is 14.4. The molecular weight excluding hydrogens is 475 g/mol. The summed E-state index contributed by atoms with van der Waals surface area (Å²) in [5.74, 6) is -0.829. The van der Waals surface area contributed by atoms with E-state index in [2.05, 4.69) is 10.4 Å². The minimum Gasteiger partial charge on any atom is -0.488 e. The third-order valence-corrected chi connectivity index (χ3v) is 6.53. The number of fused-ring (bicyclic) bond motifs is 3. The average Bonchev–Trinajstić information content (AvgIpc) is 3.48. The molecule has 1 aliphatic heterocycles. The molecule has 10 heteroatoms. The maximum absolute atomic E-state index is 14.4. The van der Waals surface area contributed by atoms with Crippen LogP contribution in [-0.2, 0) is 25.0 Å². The van der Waals surface area contributed by atoms with Crippen molar-refractivity contribution in [3.8, 4) is 17.0 Å². The summed E-state index contributed by atoms with van der Waals surface area (Å²) < 4.78 is 21.9. The van der Waals surface area contributed by atoms with Crippen molar-refractivity contribution in [1.82, 2.24) is 20.0 Å². The molecule has 8 nitrogen and oxygen atoms in total. The number of nitrogens with zero attached hydrogens (tertiary/aromatic N) is 3. The Morgan fingerprint density at radius 3 is 2.80 bits per heavy atom. The van der Waals surface area contributed by atoms with Crippen molar-refractivity contribution in [1.29, 1.82) is 0 Å². The summed E-state index contributed by atoms with van der Waals surface area (Å²) in [5.41, 5.74) is 1.50. The van der Waals surface area contributed by atoms with Gasteiger partial charge in [-0.05, 0) is 37.1 Å². The highest BCUT2D eigenvalue weighted by molar-refractivity contribution is 6.31. The number of hydrogen-bond acceptors (Lipinski definition) is 5. The molecule has 0 saturated heterocycles. The lowest BCUT2D eigenvalue weighted by Crippen LogP contribution is -2.43. The zero-order chi connectivity index (χ0) is 24.7. The Bertz CT molecular complexity index is 1320. The third kappa shape index (κ3) is 4.74. The molecule has 2 aromatic carbocycles. The molecule has 2 amide bonds. The number of carbonyl (C=O) groups excluding carboxylic acids is 2. The fourth-order valence-electron chi connectivity index (χ4n) is 4.17. The van der Waals surface area contributed by atoms with Crippen LogP contribution >= 0.6 is 11.6 Å². The summed E-state index contributed by atoms with van der Waals surface area (Å²) in [6, 6.07) is 11.3. The highest BCUT2D eigenvalue weighted by Crippen LogP contribution is 2.40. The van der Waals surface area contributed by atoms with Gasteiger partial charge in [0.15, 0.2) is 5.69 Å². The van der Waals surface area contributed by atoms with E-state index in [1.54, 1.807) is 48.1 Å². The number of rotatable bonds is 7. The van der Waals surface area contributed by atoms with Gasteiger partial charge in [-0.1, -0.05) is 29.8 Å². The number of nitrogens with one attached hydrogen (secondary N) is 1.